The Labute approximate surface area is 125 Å². The zero-order chi connectivity index (χ0) is 15.2. The predicted molar refractivity (Wildman–Crippen MR) is 80.0 cm³/mol. The highest BCUT2D eigenvalue weighted by Crippen LogP contribution is 2.26. The Morgan fingerprint density at radius 2 is 2.14 bits per heavy atom. The van der Waals surface area contributed by atoms with Gasteiger partial charge in [0.15, 0.2) is 5.84 Å². The molecule has 0 spiro atoms. The van der Waals surface area contributed by atoms with E-state index in [9.17, 15) is 0 Å². The van der Waals surface area contributed by atoms with E-state index in [0.29, 0.717) is 24.7 Å². The second kappa shape index (κ2) is 7.26. The van der Waals surface area contributed by atoms with Gasteiger partial charge in [-0.1, -0.05) is 5.16 Å². The number of hydrogen-bond acceptors (Lipinski definition) is 5. The third-order valence-corrected chi connectivity index (χ3v) is 3.42. The summed E-state index contributed by atoms with van der Waals surface area (Å²) < 4.78 is 11.1. The summed E-state index contributed by atoms with van der Waals surface area (Å²) in [5.41, 5.74) is 8.49. The monoisotopic (exact) mass is 293 g/mol. The van der Waals surface area contributed by atoms with E-state index in [4.69, 9.17) is 20.4 Å². The number of ether oxygens (including phenoxy) is 2. The van der Waals surface area contributed by atoms with Gasteiger partial charge in [-0.05, 0) is 51.2 Å². The van der Waals surface area contributed by atoms with Gasteiger partial charge >= 0.3 is 0 Å². The van der Waals surface area contributed by atoms with Crippen molar-refractivity contribution in [3.8, 4) is 5.88 Å². The number of amidine groups is 1. The van der Waals surface area contributed by atoms with Crippen LogP contribution < -0.4 is 10.5 Å². The Balaban J connectivity index is 2.16. The van der Waals surface area contributed by atoms with Gasteiger partial charge < -0.3 is 20.4 Å². The Kier molecular flexibility index (Phi) is 5.38. The lowest BCUT2D eigenvalue weighted by atomic mass is 9.95. The predicted octanol–water partition coefficient (Wildman–Crippen LogP) is 1.86. The number of nitrogens with two attached hydrogens (primary N) is 1. The maximum atomic E-state index is 8.92. The first-order chi connectivity index (χ1) is 10.1. The summed E-state index contributed by atoms with van der Waals surface area (Å²) in [5.74, 6) is 0.439. The molecular formula is C15H23N3O3. The van der Waals surface area contributed by atoms with Crippen LogP contribution in [0.15, 0.2) is 11.2 Å². The Hall–Kier alpha value is -1.82. The zero-order valence-corrected chi connectivity index (χ0v) is 12.6. The molecule has 6 heteroatoms. The van der Waals surface area contributed by atoms with Crippen molar-refractivity contribution in [2.45, 2.75) is 45.6 Å². The Bertz CT molecular complexity index is 515. The van der Waals surface area contributed by atoms with Crippen LogP contribution in [0.5, 0.6) is 5.88 Å². The van der Waals surface area contributed by atoms with Crippen LogP contribution in [0.25, 0.3) is 0 Å². The summed E-state index contributed by atoms with van der Waals surface area (Å²) >= 11 is 0. The molecule has 3 N–H and O–H groups in total. The first kappa shape index (κ1) is 15.6. The molecule has 1 heterocycles. The van der Waals surface area contributed by atoms with Crippen molar-refractivity contribution in [1.29, 1.82) is 0 Å². The molecule has 1 aromatic heterocycles. The molecule has 6 nitrogen and oxygen atoms in total. The van der Waals surface area contributed by atoms with E-state index in [1.807, 2.05) is 19.9 Å². The average molecular weight is 293 g/mol. The first-order valence-corrected chi connectivity index (χ1v) is 7.37. The summed E-state index contributed by atoms with van der Waals surface area (Å²) in [6.45, 7) is 4.81. The highest BCUT2D eigenvalue weighted by molar-refractivity contribution is 5.99. The summed E-state index contributed by atoms with van der Waals surface area (Å²) in [4.78, 5) is 4.55. The second-order valence-corrected chi connectivity index (χ2v) is 5.41. The van der Waals surface area contributed by atoms with E-state index < -0.39 is 0 Å². The molecule has 1 aromatic rings. The lowest BCUT2D eigenvalue weighted by Crippen LogP contribution is -2.20. The SMILES string of the molecule is CC(C)OCCOc1nc2c(cc1C(N)=NO)CCCC2. The second-order valence-electron chi connectivity index (χ2n) is 5.41. The average Bonchev–Trinajstić information content (AvgIpc) is 2.49. The topological polar surface area (TPSA) is 90.0 Å². The smallest absolute Gasteiger partial charge is 0.224 e. The van der Waals surface area contributed by atoms with Gasteiger partial charge in [0.1, 0.15) is 6.61 Å². The van der Waals surface area contributed by atoms with Crippen LogP contribution >= 0.6 is 0 Å². The minimum atomic E-state index is 0.0238. The maximum absolute atomic E-state index is 8.92. The van der Waals surface area contributed by atoms with Crippen molar-refractivity contribution >= 4 is 5.84 Å². The molecule has 21 heavy (non-hydrogen) atoms. The fourth-order valence-electron chi connectivity index (χ4n) is 2.38. The summed E-state index contributed by atoms with van der Waals surface area (Å²) in [5, 5.41) is 12.0. The molecule has 0 amide bonds. The standard InChI is InChI=1S/C15H23N3O3/c1-10(2)20-7-8-21-15-12(14(16)18-19)9-11-5-3-4-6-13(11)17-15/h9-10,19H,3-8H2,1-2H3,(H2,16,18). The van der Waals surface area contributed by atoms with Gasteiger partial charge in [0, 0.05) is 5.69 Å². The van der Waals surface area contributed by atoms with Crippen molar-refractivity contribution in [1.82, 2.24) is 4.98 Å². The fraction of sp³-hybridized carbons (Fsp3) is 0.600. The van der Waals surface area contributed by atoms with Crippen LogP contribution in [0.4, 0.5) is 0 Å². The van der Waals surface area contributed by atoms with Crippen LogP contribution in [-0.2, 0) is 17.6 Å². The van der Waals surface area contributed by atoms with E-state index >= 15 is 0 Å². The van der Waals surface area contributed by atoms with Crippen molar-refractivity contribution in [2.24, 2.45) is 10.9 Å². The van der Waals surface area contributed by atoms with E-state index in [2.05, 4.69) is 10.1 Å². The molecule has 0 aromatic carbocycles. The molecule has 1 aliphatic rings. The Morgan fingerprint density at radius 3 is 2.86 bits per heavy atom. The van der Waals surface area contributed by atoms with Gasteiger partial charge in [-0.25, -0.2) is 4.98 Å². The third-order valence-electron chi connectivity index (χ3n) is 3.42. The van der Waals surface area contributed by atoms with E-state index in [-0.39, 0.29) is 11.9 Å². The minimum absolute atomic E-state index is 0.0238. The number of aryl methyl sites for hydroxylation is 2. The van der Waals surface area contributed by atoms with Gasteiger partial charge in [0.25, 0.3) is 0 Å². The van der Waals surface area contributed by atoms with Crippen molar-refractivity contribution in [3.05, 3.63) is 22.9 Å². The van der Waals surface area contributed by atoms with Gasteiger partial charge in [-0.3, -0.25) is 0 Å². The maximum Gasteiger partial charge on any atom is 0.224 e. The van der Waals surface area contributed by atoms with E-state index in [0.717, 1.165) is 36.9 Å². The van der Waals surface area contributed by atoms with Gasteiger partial charge in [0.05, 0.1) is 18.3 Å². The largest absolute Gasteiger partial charge is 0.475 e. The van der Waals surface area contributed by atoms with E-state index in [1.165, 1.54) is 0 Å². The minimum Gasteiger partial charge on any atom is -0.475 e. The molecular weight excluding hydrogens is 270 g/mol. The fourth-order valence-corrected chi connectivity index (χ4v) is 2.38. The third kappa shape index (κ3) is 4.07. The molecule has 0 radical (unpaired) electrons. The van der Waals surface area contributed by atoms with E-state index in [1.54, 1.807) is 0 Å². The first-order valence-electron chi connectivity index (χ1n) is 7.37. The highest BCUT2D eigenvalue weighted by Gasteiger charge is 2.18. The number of hydrogen-bond donors (Lipinski definition) is 2. The molecule has 1 aliphatic carbocycles. The molecule has 0 aliphatic heterocycles. The summed E-state index contributed by atoms with van der Waals surface area (Å²) in [6, 6.07) is 1.93. The van der Waals surface area contributed by atoms with Crippen LogP contribution in [-0.4, -0.2) is 35.3 Å². The lowest BCUT2D eigenvalue weighted by molar-refractivity contribution is 0.0541. The van der Waals surface area contributed by atoms with Crippen LogP contribution in [0.2, 0.25) is 0 Å². The normalized spacial score (nSPS) is 15.1. The lowest BCUT2D eigenvalue weighted by Gasteiger charge is -2.18. The zero-order valence-electron chi connectivity index (χ0n) is 12.6. The van der Waals surface area contributed by atoms with Gasteiger partial charge in [-0.15, -0.1) is 0 Å². The van der Waals surface area contributed by atoms with Crippen LogP contribution in [0.1, 0.15) is 43.5 Å². The van der Waals surface area contributed by atoms with Gasteiger partial charge in [-0.2, -0.15) is 0 Å². The molecule has 0 saturated carbocycles. The summed E-state index contributed by atoms with van der Waals surface area (Å²) in [6.07, 6.45) is 4.37. The molecule has 2 rings (SSSR count). The Morgan fingerprint density at radius 1 is 1.38 bits per heavy atom. The van der Waals surface area contributed by atoms with Gasteiger partial charge in [0.2, 0.25) is 5.88 Å². The molecule has 0 fully saturated rings. The molecule has 0 bridgehead atoms. The molecule has 0 unspecified atom stereocenters. The molecule has 0 atom stereocenters. The van der Waals surface area contributed by atoms with Crippen LogP contribution in [0.3, 0.4) is 0 Å². The number of aromatic nitrogens is 1. The number of nitrogens with zero attached hydrogens (tertiary/aromatic N) is 2. The van der Waals surface area contributed by atoms with Crippen molar-refractivity contribution in [3.63, 3.8) is 0 Å². The van der Waals surface area contributed by atoms with Crippen molar-refractivity contribution in [2.75, 3.05) is 13.2 Å². The van der Waals surface area contributed by atoms with Crippen LogP contribution in [0, 0.1) is 0 Å². The molecule has 0 saturated heterocycles. The number of rotatable bonds is 6. The quantitative estimate of drug-likeness (QED) is 0.275. The highest BCUT2D eigenvalue weighted by atomic mass is 16.5. The molecule has 116 valence electrons. The number of fused-ring (bicyclic) bond motifs is 1. The number of oxime groups is 1. The van der Waals surface area contributed by atoms with Crippen molar-refractivity contribution < 1.29 is 14.7 Å². The number of pyridine rings is 1. The summed E-state index contributed by atoms with van der Waals surface area (Å²) in [7, 11) is 0.